The zero-order chi connectivity index (χ0) is 19.7. The van der Waals surface area contributed by atoms with Gasteiger partial charge in [-0.3, -0.25) is 14.5 Å². The number of thiazole rings is 1. The number of fused-ring (bicyclic) bond motifs is 1. The van der Waals surface area contributed by atoms with Gasteiger partial charge >= 0.3 is 29.6 Å². The predicted octanol–water partition coefficient (Wildman–Crippen LogP) is -4.91. The van der Waals surface area contributed by atoms with Crippen molar-refractivity contribution in [2.75, 3.05) is 25.7 Å². The fraction of sp³-hybridized carbons (Fsp3) is 0.357. The molecule has 2 aliphatic rings. The summed E-state index contributed by atoms with van der Waals surface area (Å²) in [5.74, 6) is -2.45. The molecular weight excluding hydrogens is 421 g/mol. The number of carboxylic acids is 1. The van der Waals surface area contributed by atoms with E-state index in [9.17, 15) is 19.5 Å². The van der Waals surface area contributed by atoms with E-state index in [1.54, 1.807) is 0 Å². The first-order valence-electron chi connectivity index (χ1n) is 7.45. The molecule has 2 atom stereocenters. The van der Waals surface area contributed by atoms with Crippen LogP contribution in [-0.2, 0) is 24.0 Å². The molecule has 0 aliphatic carbocycles. The zero-order valence-corrected chi connectivity index (χ0v) is 18.8. The number of nitrogen functional groups attached to an aromatic ring is 1. The maximum atomic E-state index is 12.6. The molecule has 1 aromatic rings. The van der Waals surface area contributed by atoms with E-state index in [0.29, 0.717) is 0 Å². The molecule has 28 heavy (non-hydrogen) atoms. The number of carbonyl (C=O) groups excluding carboxylic acids is 3. The van der Waals surface area contributed by atoms with E-state index >= 15 is 0 Å². The predicted molar refractivity (Wildman–Crippen MR) is 94.1 cm³/mol. The molecule has 11 nitrogen and oxygen atoms in total. The third-order valence-corrected chi connectivity index (χ3v) is 5.75. The van der Waals surface area contributed by atoms with Crippen molar-refractivity contribution >= 4 is 51.7 Å². The van der Waals surface area contributed by atoms with E-state index in [-0.39, 0.29) is 63.3 Å². The number of nitrogens with one attached hydrogen (secondary N) is 1. The van der Waals surface area contributed by atoms with Crippen molar-refractivity contribution in [2.24, 2.45) is 5.16 Å². The summed E-state index contributed by atoms with van der Waals surface area (Å²) in [6, 6.07) is -0.937. The second-order valence-corrected chi connectivity index (χ2v) is 7.31. The molecule has 144 valence electrons. The van der Waals surface area contributed by atoms with Gasteiger partial charge in [-0.05, 0) is 0 Å². The molecule has 0 spiro atoms. The number of aliphatic carboxylic acids is 1. The molecule has 1 saturated heterocycles. The van der Waals surface area contributed by atoms with E-state index in [1.807, 2.05) is 0 Å². The van der Waals surface area contributed by atoms with Crippen LogP contribution in [0.15, 0.2) is 22.0 Å². The van der Waals surface area contributed by atoms with Gasteiger partial charge in [0.2, 0.25) is 0 Å². The number of hydrogen-bond acceptors (Lipinski definition) is 11. The Morgan fingerprint density at radius 3 is 2.71 bits per heavy atom. The van der Waals surface area contributed by atoms with Gasteiger partial charge in [-0.1, -0.05) is 5.16 Å². The first-order valence-corrected chi connectivity index (χ1v) is 9.38. The Hall–Kier alpha value is -1.80. The number of carboxylic acid groups (broad SMARTS) is 1. The third kappa shape index (κ3) is 3.98. The molecule has 14 heteroatoms. The first kappa shape index (κ1) is 22.5. The molecule has 2 aliphatic heterocycles. The second-order valence-electron chi connectivity index (χ2n) is 5.32. The van der Waals surface area contributed by atoms with Crippen molar-refractivity contribution in [3.05, 3.63) is 22.5 Å². The van der Waals surface area contributed by atoms with E-state index in [1.165, 1.54) is 31.4 Å². The van der Waals surface area contributed by atoms with Crippen molar-refractivity contribution in [1.82, 2.24) is 15.2 Å². The number of hydrogen-bond donors (Lipinski definition) is 2. The Kier molecular flexibility index (Phi) is 7.33. The number of ether oxygens (including phenoxy) is 1. The van der Waals surface area contributed by atoms with Crippen molar-refractivity contribution in [3.63, 3.8) is 0 Å². The van der Waals surface area contributed by atoms with Crippen molar-refractivity contribution in [2.45, 2.75) is 11.4 Å². The standard InChI is InChI=1S/C14H15N5O6S2.Na/c1-24-6-4-26-12-8(11(21)19(12)9(6)13(22)23)17-10(20)7(18-25-2)5-3-27-14(15)16-5;/h3,8,12H,4H2,1-2H3,(H2,15,16)(H,17,20)(H,22,23);/q;+1/p-1/b18-7-;/t8?,12-;/m1./s1. The number of aromatic nitrogens is 1. The zero-order valence-electron chi connectivity index (χ0n) is 15.1. The van der Waals surface area contributed by atoms with E-state index in [2.05, 4.69) is 20.3 Å². The smallest absolute Gasteiger partial charge is 0.543 e. The topological polar surface area (TPSA) is 159 Å². The Morgan fingerprint density at radius 2 is 2.18 bits per heavy atom. The summed E-state index contributed by atoms with van der Waals surface area (Å²) in [5, 5.41) is 18.7. The molecule has 1 aromatic heterocycles. The summed E-state index contributed by atoms with van der Waals surface area (Å²) in [5.41, 5.74) is 5.30. The minimum absolute atomic E-state index is 0. The Balaban J connectivity index is 0.00000280. The maximum absolute atomic E-state index is 12.6. The van der Waals surface area contributed by atoms with Crippen LogP contribution in [0, 0.1) is 0 Å². The minimum Gasteiger partial charge on any atom is -0.543 e. The summed E-state index contributed by atoms with van der Waals surface area (Å²) in [6.07, 6.45) is 0. The van der Waals surface area contributed by atoms with Crippen LogP contribution in [0.25, 0.3) is 0 Å². The molecule has 3 rings (SSSR count). The number of methoxy groups -OCH3 is 1. The Labute approximate surface area is 189 Å². The molecule has 3 heterocycles. The normalized spacial score (nSPS) is 21.3. The third-order valence-electron chi connectivity index (χ3n) is 3.82. The van der Waals surface area contributed by atoms with Crippen LogP contribution in [0.3, 0.4) is 0 Å². The molecule has 2 amide bonds. The first-order chi connectivity index (χ1) is 12.9. The van der Waals surface area contributed by atoms with E-state index in [0.717, 1.165) is 16.2 Å². The van der Waals surface area contributed by atoms with Crippen molar-refractivity contribution in [3.8, 4) is 0 Å². The van der Waals surface area contributed by atoms with Crippen LogP contribution in [0.4, 0.5) is 5.13 Å². The number of β-lactam (4-membered cyclic amide) rings is 1. The van der Waals surface area contributed by atoms with Crippen LogP contribution >= 0.6 is 23.1 Å². The molecule has 1 fully saturated rings. The number of oxime groups is 1. The SMILES string of the molecule is CO/N=C(\C(=O)NC1C(=O)N2C(C(=O)[O-])=C(OC)CS[C@H]12)c1csc(N)n1.[Na+]. The summed E-state index contributed by atoms with van der Waals surface area (Å²) < 4.78 is 5.01. The van der Waals surface area contributed by atoms with Gasteiger partial charge in [0.05, 0.1) is 18.8 Å². The monoisotopic (exact) mass is 435 g/mol. The van der Waals surface area contributed by atoms with Crippen LogP contribution in [0.1, 0.15) is 5.69 Å². The summed E-state index contributed by atoms with van der Waals surface area (Å²) in [6.45, 7) is 0. The van der Waals surface area contributed by atoms with Crippen LogP contribution in [0.2, 0.25) is 0 Å². The quantitative estimate of drug-likeness (QED) is 0.193. The molecule has 0 bridgehead atoms. The van der Waals surface area contributed by atoms with E-state index < -0.39 is 29.2 Å². The Morgan fingerprint density at radius 1 is 1.46 bits per heavy atom. The van der Waals surface area contributed by atoms with Gasteiger partial charge in [-0.25, -0.2) is 4.98 Å². The molecule has 0 saturated carbocycles. The summed E-state index contributed by atoms with van der Waals surface area (Å²) in [4.78, 5) is 46.1. The van der Waals surface area contributed by atoms with Crippen molar-refractivity contribution in [1.29, 1.82) is 0 Å². The van der Waals surface area contributed by atoms with Gasteiger partial charge in [0, 0.05) is 5.38 Å². The minimum atomic E-state index is -1.52. The number of nitrogens with zero attached hydrogens (tertiary/aromatic N) is 3. The molecule has 0 radical (unpaired) electrons. The van der Waals surface area contributed by atoms with Gasteiger partial charge < -0.3 is 30.5 Å². The Bertz CT molecular complexity index is 872. The number of carbonyl (C=O) groups is 3. The summed E-state index contributed by atoms with van der Waals surface area (Å²) >= 11 is 2.38. The largest absolute Gasteiger partial charge is 1.00 e. The van der Waals surface area contributed by atoms with E-state index in [4.69, 9.17) is 10.5 Å². The fourth-order valence-electron chi connectivity index (χ4n) is 2.64. The fourth-order valence-corrected chi connectivity index (χ4v) is 4.50. The maximum Gasteiger partial charge on any atom is 1.00 e. The second kappa shape index (κ2) is 9.13. The number of nitrogens with two attached hydrogens (primary N) is 1. The van der Waals surface area contributed by atoms with Crippen LogP contribution in [-0.4, -0.2) is 64.8 Å². The molecule has 0 aromatic carbocycles. The van der Waals surface area contributed by atoms with Gasteiger partial charge in [0.25, 0.3) is 11.8 Å². The average Bonchev–Trinajstić information content (AvgIpc) is 3.08. The number of thioether (sulfide) groups is 1. The average molecular weight is 435 g/mol. The van der Waals surface area contributed by atoms with Crippen LogP contribution < -0.4 is 45.7 Å². The summed E-state index contributed by atoms with van der Waals surface area (Å²) in [7, 11) is 2.58. The van der Waals surface area contributed by atoms with Crippen LogP contribution in [0.5, 0.6) is 0 Å². The molecule has 3 N–H and O–H groups in total. The number of amides is 2. The van der Waals surface area contributed by atoms with Gasteiger partial charge in [0.1, 0.15) is 35.7 Å². The van der Waals surface area contributed by atoms with Crippen molar-refractivity contribution < 1.29 is 58.6 Å². The molecule has 1 unspecified atom stereocenters. The number of rotatable bonds is 6. The number of anilines is 1. The molecular formula is C14H14N5NaO6S2. The van der Waals surface area contributed by atoms with Gasteiger partial charge in [-0.15, -0.1) is 23.1 Å². The van der Waals surface area contributed by atoms with Gasteiger partial charge in [-0.2, -0.15) is 0 Å². The van der Waals surface area contributed by atoms with Gasteiger partial charge in [0.15, 0.2) is 10.8 Å².